The van der Waals surface area contributed by atoms with Crippen molar-refractivity contribution in [3.8, 4) is 5.69 Å². The molecule has 2 heterocycles. The van der Waals surface area contributed by atoms with Gasteiger partial charge in [-0.25, -0.2) is 9.67 Å². The topological polar surface area (TPSA) is 47.7 Å². The third kappa shape index (κ3) is 3.58. The lowest BCUT2D eigenvalue weighted by Gasteiger charge is -2.13. The van der Waals surface area contributed by atoms with E-state index in [4.69, 9.17) is 0 Å². The highest BCUT2D eigenvalue weighted by Gasteiger charge is 2.04. The molecule has 5 heteroatoms. The third-order valence-corrected chi connectivity index (χ3v) is 3.36. The van der Waals surface area contributed by atoms with E-state index >= 15 is 0 Å². The molecule has 1 N–H and O–H groups in total. The molecule has 0 aliphatic carbocycles. The molecule has 3 rings (SSSR count). The van der Waals surface area contributed by atoms with Crippen molar-refractivity contribution < 1.29 is 0 Å². The molecule has 0 aliphatic rings. The van der Waals surface area contributed by atoms with Crippen LogP contribution in [0.25, 0.3) is 5.69 Å². The van der Waals surface area contributed by atoms with Crippen LogP contribution in [0.15, 0.2) is 61.4 Å². The third-order valence-electron chi connectivity index (χ3n) is 3.36. The number of imidazole rings is 1. The Bertz CT molecular complexity index is 657. The van der Waals surface area contributed by atoms with Crippen LogP contribution in [0.3, 0.4) is 0 Å². The van der Waals surface area contributed by atoms with Crippen LogP contribution in [-0.4, -0.2) is 25.4 Å². The highest BCUT2D eigenvalue weighted by molar-refractivity contribution is 5.30. The summed E-state index contributed by atoms with van der Waals surface area (Å²) in [6.07, 6.45) is 9.59. The summed E-state index contributed by atoms with van der Waals surface area (Å²) in [5.41, 5.74) is 2.26. The van der Waals surface area contributed by atoms with E-state index in [1.165, 1.54) is 5.56 Å². The maximum atomic E-state index is 4.40. The molecule has 1 aromatic carbocycles. The summed E-state index contributed by atoms with van der Waals surface area (Å²) in [5, 5.41) is 7.90. The smallest absolute Gasteiger partial charge is 0.0946 e. The number of para-hydroxylation sites is 1. The fourth-order valence-corrected chi connectivity index (χ4v) is 2.24. The lowest BCUT2D eigenvalue weighted by atomic mass is 10.3. The van der Waals surface area contributed by atoms with Gasteiger partial charge in [0.05, 0.1) is 18.2 Å². The molecule has 108 valence electrons. The maximum Gasteiger partial charge on any atom is 0.0946 e. The van der Waals surface area contributed by atoms with Crippen molar-refractivity contribution in [1.29, 1.82) is 0 Å². The van der Waals surface area contributed by atoms with Crippen molar-refractivity contribution in [3.05, 3.63) is 67.0 Å². The molecule has 21 heavy (non-hydrogen) atoms. The second-order valence-corrected chi connectivity index (χ2v) is 5.17. The molecular formula is C16H19N5. The zero-order chi connectivity index (χ0) is 14.5. The highest BCUT2D eigenvalue weighted by atomic mass is 15.3. The largest absolute Gasteiger partial charge is 0.336 e. The van der Waals surface area contributed by atoms with Gasteiger partial charge in [-0.1, -0.05) is 18.2 Å². The fourth-order valence-electron chi connectivity index (χ4n) is 2.24. The molecule has 5 nitrogen and oxygen atoms in total. The predicted octanol–water partition coefficient (Wildman–Crippen LogP) is 2.25. The van der Waals surface area contributed by atoms with E-state index in [1.807, 2.05) is 53.7 Å². The van der Waals surface area contributed by atoms with Gasteiger partial charge in [0.25, 0.3) is 0 Å². The second-order valence-electron chi connectivity index (χ2n) is 5.17. The number of aromatic nitrogens is 4. The van der Waals surface area contributed by atoms with E-state index in [0.29, 0.717) is 6.04 Å². The van der Waals surface area contributed by atoms with Crippen molar-refractivity contribution in [2.45, 2.75) is 26.1 Å². The predicted molar refractivity (Wildman–Crippen MR) is 82.1 cm³/mol. The molecule has 0 bridgehead atoms. The lowest BCUT2D eigenvalue weighted by molar-refractivity contribution is 0.476. The van der Waals surface area contributed by atoms with Crippen LogP contribution in [0, 0.1) is 0 Å². The van der Waals surface area contributed by atoms with Gasteiger partial charge in [0.2, 0.25) is 0 Å². The molecular weight excluding hydrogens is 262 g/mol. The van der Waals surface area contributed by atoms with Crippen LogP contribution in [0.1, 0.15) is 12.5 Å². The zero-order valence-corrected chi connectivity index (χ0v) is 12.1. The lowest BCUT2D eigenvalue weighted by Crippen LogP contribution is -2.29. The van der Waals surface area contributed by atoms with Gasteiger partial charge < -0.3 is 9.88 Å². The first-order valence-electron chi connectivity index (χ1n) is 7.09. The summed E-state index contributed by atoms with van der Waals surface area (Å²) in [6, 6.07) is 10.5. The minimum absolute atomic E-state index is 0.374. The summed E-state index contributed by atoms with van der Waals surface area (Å²) in [5.74, 6) is 0. The van der Waals surface area contributed by atoms with Gasteiger partial charge in [-0.05, 0) is 19.1 Å². The number of hydrogen-bond donors (Lipinski definition) is 1. The van der Waals surface area contributed by atoms with Crippen LogP contribution in [0.5, 0.6) is 0 Å². The molecule has 1 atom stereocenters. The fraction of sp³-hybridized carbons (Fsp3) is 0.250. The molecule has 0 aliphatic heterocycles. The van der Waals surface area contributed by atoms with Crippen LogP contribution < -0.4 is 5.32 Å². The first kappa shape index (κ1) is 13.6. The summed E-state index contributed by atoms with van der Waals surface area (Å²) in [4.78, 5) is 4.05. The van der Waals surface area contributed by atoms with Crippen LogP contribution >= 0.6 is 0 Å². The Morgan fingerprint density at radius 2 is 2.10 bits per heavy atom. The Morgan fingerprint density at radius 1 is 1.24 bits per heavy atom. The summed E-state index contributed by atoms with van der Waals surface area (Å²) in [6.45, 7) is 3.89. The van der Waals surface area contributed by atoms with Gasteiger partial charge in [0.15, 0.2) is 0 Å². The first-order valence-corrected chi connectivity index (χ1v) is 7.09. The van der Waals surface area contributed by atoms with Crippen molar-refractivity contribution >= 4 is 0 Å². The number of hydrogen-bond acceptors (Lipinski definition) is 3. The number of rotatable bonds is 6. The minimum atomic E-state index is 0.374. The van der Waals surface area contributed by atoms with Crippen molar-refractivity contribution in [2.24, 2.45) is 0 Å². The van der Waals surface area contributed by atoms with Crippen molar-refractivity contribution in [1.82, 2.24) is 24.6 Å². The van der Waals surface area contributed by atoms with Crippen molar-refractivity contribution in [3.63, 3.8) is 0 Å². The average Bonchev–Trinajstić information content (AvgIpc) is 3.17. The molecule has 0 radical (unpaired) electrons. The minimum Gasteiger partial charge on any atom is -0.336 e. The van der Waals surface area contributed by atoms with E-state index in [-0.39, 0.29) is 0 Å². The van der Waals surface area contributed by atoms with Crippen LogP contribution in [-0.2, 0) is 13.1 Å². The monoisotopic (exact) mass is 281 g/mol. The van der Waals surface area contributed by atoms with Gasteiger partial charge in [0.1, 0.15) is 0 Å². The number of nitrogens with one attached hydrogen (secondary N) is 1. The summed E-state index contributed by atoms with van der Waals surface area (Å²) < 4.78 is 3.97. The van der Waals surface area contributed by atoms with E-state index in [9.17, 15) is 0 Å². The Kier molecular flexibility index (Phi) is 4.12. The van der Waals surface area contributed by atoms with Gasteiger partial charge in [0, 0.05) is 43.3 Å². The van der Waals surface area contributed by atoms with Crippen molar-refractivity contribution in [2.75, 3.05) is 0 Å². The highest BCUT2D eigenvalue weighted by Crippen LogP contribution is 2.07. The van der Waals surface area contributed by atoms with Gasteiger partial charge >= 0.3 is 0 Å². The van der Waals surface area contributed by atoms with Gasteiger partial charge in [-0.3, -0.25) is 0 Å². The molecule has 0 spiro atoms. The van der Waals surface area contributed by atoms with E-state index < -0.39 is 0 Å². The molecule has 0 fully saturated rings. The summed E-state index contributed by atoms with van der Waals surface area (Å²) >= 11 is 0. The Morgan fingerprint density at radius 3 is 2.86 bits per heavy atom. The first-order chi connectivity index (χ1) is 10.3. The number of nitrogens with zero attached hydrogens (tertiary/aromatic N) is 4. The van der Waals surface area contributed by atoms with E-state index in [1.54, 1.807) is 6.20 Å². The molecule has 0 saturated carbocycles. The van der Waals surface area contributed by atoms with Gasteiger partial charge in [-0.15, -0.1) is 0 Å². The molecule has 3 aromatic rings. The standard InChI is InChI=1S/C16H19N5/c1-14(11-20-8-7-17-13-20)18-9-15-10-19-21(12-15)16-5-3-2-4-6-16/h2-8,10,12-14,18H,9,11H2,1H3. The van der Waals surface area contributed by atoms with E-state index in [2.05, 4.69) is 33.1 Å². The summed E-state index contributed by atoms with van der Waals surface area (Å²) in [7, 11) is 0. The normalized spacial score (nSPS) is 12.4. The van der Waals surface area contributed by atoms with Crippen LogP contribution in [0.2, 0.25) is 0 Å². The number of benzene rings is 1. The molecule has 0 saturated heterocycles. The zero-order valence-electron chi connectivity index (χ0n) is 12.1. The van der Waals surface area contributed by atoms with Gasteiger partial charge in [-0.2, -0.15) is 5.10 Å². The Labute approximate surface area is 124 Å². The van der Waals surface area contributed by atoms with E-state index in [0.717, 1.165) is 18.8 Å². The quantitative estimate of drug-likeness (QED) is 0.754. The Hall–Kier alpha value is -2.40. The second kappa shape index (κ2) is 6.37. The molecule has 2 aromatic heterocycles. The maximum absolute atomic E-state index is 4.40. The molecule has 0 amide bonds. The van der Waals surface area contributed by atoms with Crippen LogP contribution in [0.4, 0.5) is 0 Å². The Balaban J connectivity index is 1.55. The average molecular weight is 281 g/mol. The molecule has 1 unspecified atom stereocenters. The SMILES string of the molecule is CC(Cn1ccnc1)NCc1cnn(-c2ccccc2)c1.